The molecule has 1 aliphatic rings. The molecular formula is C29H33N9O2. The van der Waals surface area contributed by atoms with Gasteiger partial charge in [0.1, 0.15) is 23.3 Å². The van der Waals surface area contributed by atoms with Gasteiger partial charge in [-0.05, 0) is 49.1 Å². The lowest BCUT2D eigenvalue weighted by atomic mass is 9.82. The number of anilines is 3. The second-order valence-electron chi connectivity index (χ2n) is 10.3. The van der Waals surface area contributed by atoms with Crippen molar-refractivity contribution in [2.45, 2.75) is 51.6 Å². The highest BCUT2D eigenvalue weighted by Crippen LogP contribution is 2.35. The summed E-state index contributed by atoms with van der Waals surface area (Å²) in [6.07, 6.45) is 6.72. The molecule has 2 N–H and O–H groups in total. The predicted octanol–water partition coefficient (Wildman–Crippen LogP) is 4.37. The first-order valence-corrected chi connectivity index (χ1v) is 13.3. The van der Waals surface area contributed by atoms with Gasteiger partial charge in [-0.1, -0.05) is 13.0 Å². The number of rotatable bonds is 9. The lowest BCUT2D eigenvalue weighted by molar-refractivity contribution is -0.144. The Labute approximate surface area is 233 Å². The van der Waals surface area contributed by atoms with Gasteiger partial charge in [-0.25, -0.2) is 14.6 Å². The van der Waals surface area contributed by atoms with Gasteiger partial charge in [-0.15, -0.1) is 0 Å². The van der Waals surface area contributed by atoms with E-state index in [0.29, 0.717) is 55.4 Å². The molecule has 5 heterocycles. The fourth-order valence-electron chi connectivity index (χ4n) is 5.19. The summed E-state index contributed by atoms with van der Waals surface area (Å²) < 4.78 is 7.60. The summed E-state index contributed by atoms with van der Waals surface area (Å²) in [5.74, 6) is 2.66. The summed E-state index contributed by atoms with van der Waals surface area (Å²) in [5.41, 5.74) is 2.39. The van der Waals surface area contributed by atoms with E-state index in [9.17, 15) is 10.1 Å². The van der Waals surface area contributed by atoms with Crippen LogP contribution >= 0.6 is 0 Å². The van der Waals surface area contributed by atoms with Crippen molar-refractivity contribution in [3.05, 3.63) is 71.3 Å². The standard InChI is InChI=1S/C29H33N9O2/c1-19(22-6-7-27(31-18-22)38-11-5-10-32-38)14-24(39)29(40-4)8-12-37(13-9-29)28-23(17-30)20(2)15-25(34-28)33-26-16-21(3)35-36-26/h5-7,10-11,15-16,18-19H,8-9,12-14H2,1-4H3,(H2,33,34,35,36)/t19-/m1/s1. The molecule has 1 atom stereocenters. The van der Waals surface area contributed by atoms with Gasteiger partial charge in [0.25, 0.3) is 0 Å². The second-order valence-corrected chi connectivity index (χ2v) is 10.3. The Balaban J connectivity index is 1.27. The van der Waals surface area contributed by atoms with Crippen LogP contribution in [-0.2, 0) is 9.53 Å². The lowest BCUT2D eigenvalue weighted by Gasteiger charge is -2.41. The van der Waals surface area contributed by atoms with Crippen molar-refractivity contribution in [2.24, 2.45) is 0 Å². The van der Waals surface area contributed by atoms with Gasteiger partial charge in [-0.3, -0.25) is 9.89 Å². The molecule has 1 saturated heterocycles. The van der Waals surface area contributed by atoms with Crippen LogP contribution in [0.4, 0.5) is 17.5 Å². The number of ketones is 1. The smallest absolute Gasteiger partial charge is 0.165 e. The Kier molecular flexibility index (Phi) is 7.62. The molecule has 0 aromatic carbocycles. The van der Waals surface area contributed by atoms with Crippen molar-refractivity contribution in [2.75, 3.05) is 30.4 Å². The van der Waals surface area contributed by atoms with Crippen LogP contribution in [0, 0.1) is 25.2 Å². The van der Waals surface area contributed by atoms with Gasteiger partial charge in [0.15, 0.2) is 17.4 Å². The number of hydrogen-bond donors (Lipinski definition) is 2. The highest BCUT2D eigenvalue weighted by molar-refractivity contribution is 5.88. The molecule has 1 fully saturated rings. The van der Waals surface area contributed by atoms with Gasteiger partial charge in [-0.2, -0.15) is 15.5 Å². The molecule has 206 valence electrons. The molecule has 4 aromatic heterocycles. The third-order valence-corrected chi connectivity index (χ3v) is 7.61. The van der Waals surface area contributed by atoms with Crippen LogP contribution in [0.5, 0.6) is 0 Å². The van der Waals surface area contributed by atoms with Gasteiger partial charge >= 0.3 is 0 Å². The monoisotopic (exact) mass is 539 g/mol. The normalized spacial score (nSPS) is 15.4. The van der Waals surface area contributed by atoms with Gasteiger partial charge in [0, 0.05) is 69.8 Å². The second kappa shape index (κ2) is 11.3. The first-order chi connectivity index (χ1) is 19.3. The van der Waals surface area contributed by atoms with E-state index in [1.807, 2.05) is 57.3 Å². The average Bonchev–Trinajstić information content (AvgIpc) is 3.65. The number of aryl methyl sites for hydroxylation is 2. The number of Topliss-reactive ketones (excluding diaryl/α,β-unsaturated/α-hetero) is 1. The van der Waals surface area contributed by atoms with Crippen LogP contribution in [0.25, 0.3) is 5.82 Å². The molecule has 0 spiro atoms. The first-order valence-electron chi connectivity index (χ1n) is 13.3. The topological polar surface area (TPSA) is 138 Å². The van der Waals surface area contributed by atoms with Crippen LogP contribution in [0.3, 0.4) is 0 Å². The van der Waals surface area contributed by atoms with Crippen molar-refractivity contribution in [3.63, 3.8) is 0 Å². The van der Waals surface area contributed by atoms with Crippen LogP contribution in [-0.4, -0.2) is 61.5 Å². The minimum atomic E-state index is -0.878. The van der Waals surface area contributed by atoms with Crippen molar-refractivity contribution < 1.29 is 9.53 Å². The number of nitrogens with one attached hydrogen (secondary N) is 2. The number of nitrogens with zero attached hydrogens (tertiary/aromatic N) is 7. The Morgan fingerprint density at radius 1 is 1.25 bits per heavy atom. The van der Waals surface area contributed by atoms with Crippen LogP contribution in [0.15, 0.2) is 48.9 Å². The molecule has 0 bridgehead atoms. The van der Waals surface area contributed by atoms with Crippen molar-refractivity contribution in [1.29, 1.82) is 5.26 Å². The summed E-state index contributed by atoms with van der Waals surface area (Å²) in [5, 5.41) is 24.4. The van der Waals surface area contributed by atoms with E-state index < -0.39 is 5.60 Å². The van der Waals surface area contributed by atoms with Crippen molar-refractivity contribution in [3.8, 4) is 11.9 Å². The molecule has 0 radical (unpaired) electrons. The molecule has 11 heteroatoms. The third-order valence-electron chi connectivity index (χ3n) is 7.61. The Bertz CT molecular complexity index is 1510. The summed E-state index contributed by atoms with van der Waals surface area (Å²) in [6, 6.07) is 11.8. The minimum absolute atomic E-state index is 0.0142. The molecule has 0 saturated carbocycles. The first kappa shape index (κ1) is 27.0. The highest BCUT2D eigenvalue weighted by atomic mass is 16.5. The predicted molar refractivity (Wildman–Crippen MR) is 151 cm³/mol. The molecule has 1 aliphatic heterocycles. The number of ether oxygens (including phenoxy) is 1. The fourth-order valence-corrected chi connectivity index (χ4v) is 5.19. The fraction of sp³-hybridized carbons (Fsp3) is 0.379. The Morgan fingerprint density at radius 2 is 2.05 bits per heavy atom. The van der Waals surface area contributed by atoms with Crippen molar-refractivity contribution in [1.82, 2.24) is 29.9 Å². The molecule has 0 unspecified atom stereocenters. The molecule has 4 aromatic rings. The van der Waals surface area contributed by atoms with E-state index in [1.165, 1.54) is 0 Å². The van der Waals surface area contributed by atoms with Gasteiger partial charge < -0.3 is 15.0 Å². The highest BCUT2D eigenvalue weighted by Gasteiger charge is 2.42. The number of piperidine rings is 1. The number of carbonyl (C=O) groups is 1. The minimum Gasteiger partial charge on any atom is -0.370 e. The molecule has 11 nitrogen and oxygen atoms in total. The number of carbonyl (C=O) groups excluding carboxylic acids is 1. The number of aromatic nitrogens is 6. The average molecular weight is 540 g/mol. The number of methoxy groups -OCH3 is 1. The maximum Gasteiger partial charge on any atom is 0.165 e. The number of aromatic amines is 1. The van der Waals surface area contributed by atoms with Crippen LogP contribution in [0.1, 0.15) is 54.5 Å². The zero-order valence-corrected chi connectivity index (χ0v) is 23.2. The lowest BCUT2D eigenvalue weighted by Crippen LogP contribution is -2.51. The molecule has 5 rings (SSSR count). The third kappa shape index (κ3) is 5.44. The maximum absolute atomic E-state index is 13.6. The van der Waals surface area contributed by atoms with E-state index in [4.69, 9.17) is 9.72 Å². The number of hydrogen-bond acceptors (Lipinski definition) is 9. The summed E-state index contributed by atoms with van der Waals surface area (Å²) in [6.45, 7) is 6.94. The van der Waals surface area contributed by atoms with Crippen molar-refractivity contribution >= 4 is 23.2 Å². The summed E-state index contributed by atoms with van der Waals surface area (Å²) in [4.78, 5) is 24.9. The van der Waals surface area contributed by atoms with E-state index in [1.54, 1.807) is 24.2 Å². The Morgan fingerprint density at radius 3 is 2.65 bits per heavy atom. The van der Waals surface area contributed by atoms with Gasteiger partial charge in [0.05, 0.1) is 5.56 Å². The zero-order chi connectivity index (χ0) is 28.3. The van der Waals surface area contributed by atoms with E-state index in [-0.39, 0.29) is 11.7 Å². The van der Waals surface area contributed by atoms with Crippen LogP contribution < -0.4 is 10.2 Å². The van der Waals surface area contributed by atoms with Crippen LogP contribution in [0.2, 0.25) is 0 Å². The van der Waals surface area contributed by atoms with E-state index in [2.05, 4.69) is 36.6 Å². The van der Waals surface area contributed by atoms with E-state index >= 15 is 0 Å². The molecule has 0 aliphatic carbocycles. The van der Waals surface area contributed by atoms with E-state index in [0.717, 1.165) is 22.6 Å². The zero-order valence-electron chi connectivity index (χ0n) is 23.2. The maximum atomic E-state index is 13.6. The number of pyridine rings is 2. The summed E-state index contributed by atoms with van der Waals surface area (Å²) >= 11 is 0. The Hall–Kier alpha value is -4.56. The quantitative estimate of drug-likeness (QED) is 0.318. The molecular weight excluding hydrogens is 506 g/mol. The molecule has 40 heavy (non-hydrogen) atoms. The largest absolute Gasteiger partial charge is 0.370 e. The number of nitriles is 1. The van der Waals surface area contributed by atoms with Gasteiger partial charge in [0.2, 0.25) is 0 Å². The summed E-state index contributed by atoms with van der Waals surface area (Å²) in [7, 11) is 1.61. The molecule has 0 amide bonds. The number of H-pyrrole nitrogens is 1. The SMILES string of the molecule is COC1(C(=O)C[C@@H](C)c2ccc(-n3cccn3)nc2)CCN(c2nc(Nc3cc(C)[nH]n3)cc(C)c2C#N)CC1.